The summed E-state index contributed by atoms with van der Waals surface area (Å²) < 4.78 is 0. The third-order valence-electron chi connectivity index (χ3n) is 6.51. The highest BCUT2D eigenvalue weighted by Crippen LogP contribution is 2.27. The number of amides is 5. The number of carbonyl (C=O) groups is 4. The quantitative estimate of drug-likeness (QED) is 0.549. The number of pyridine rings is 1. The van der Waals surface area contributed by atoms with Crippen molar-refractivity contribution >= 4 is 23.8 Å². The van der Waals surface area contributed by atoms with Gasteiger partial charge in [-0.15, -0.1) is 0 Å². The van der Waals surface area contributed by atoms with E-state index >= 15 is 0 Å². The van der Waals surface area contributed by atoms with Crippen molar-refractivity contribution < 1.29 is 19.2 Å². The molecule has 2 unspecified atom stereocenters. The van der Waals surface area contributed by atoms with Gasteiger partial charge in [0.05, 0.1) is 12.1 Å². The molecule has 4 N–H and O–H groups in total. The Morgan fingerprint density at radius 1 is 1.12 bits per heavy atom. The van der Waals surface area contributed by atoms with Crippen molar-refractivity contribution in [3.63, 3.8) is 0 Å². The van der Waals surface area contributed by atoms with Gasteiger partial charge in [-0.1, -0.05) is 32.1 Å². The van der Waals surface area contributed by atoms with Gasteiger partial charge in [0.1, 0.15) is 12.1 Å². The number of nitrogens with two attached hydrogens (primary N) is 1. The Kier molecular flexibility index (Phi) is 8.84. The number of hydrogen-bond donors (Lipinski definition) is 3. The van der Waals surface area contributed by atoms with Gasteiger partial charge in [-0.3, -0.25) is 19.4 Å². The second-order valence-electron chi connectivity index (χ2n) is 9.51. The van der Waals surface area contributed by atoms with E-state index in [9.17, 15) is 19.2 Å². The van der Waals surface area contributed by atoms with Gasteiger partial charge in [0.2, 0.25) is 11.8 Å². The van der Waals surface area contributed by atoms with E-state index in [1.54, 1.807) is 23.2 Å². The van der Waals surface area contributed by atoms with E-state index in [1.165, 1.54) is 17.5 Å². The molecule has 0 aromatic carbocycles. The minimum Gasteiger partial charge on any atom is -0.368 e. The van der Waals surface area contributed by atoms with Crippen molar-refractivity contribution in [2.75, 3.05) is 19.6 Å². The molecule has 2 fully saturated rings. The number of aromatic nitrogens is 1. The van der Waals surface area contributed by atoms with E-state index < -0.39 is 23.9 Å². The van der Waals surface area contributed by atoms with Crippen molar-refractivity contribution in [1.82, 2.24) is 25.4 Å². The van der Waals surface area contributed by atoms with Crippen molar-refractivity contribution in [2.45, 2.75) is 70.5 Å². The maximum Gasteiger partial charge on any atom is 0.318 e. The molecule has 2 aliphatic rings. The Morgan fingerprint density at radius 3 is 2.47 bits per heavy atom. The standard InChI is InChI=1S/C24H36N6O4/c1-16(2)27-24(34)30-12-11-29(23(33)18-9-6-10-26-14-18)15-20(30)22(32)28-19(21(25)31)13-17-7-4-3-5-8-17/h6,9-10,14,16-17,19-20H,3-5,7-8,11-13,15H2,1-2H3,(H2,25,31)(H,27,34)(H,28,32). The van der Waals surface area contributed by atoms with Crippen LogP contribution in [0.2, 0.25) is 0 Å². The van der Waals surface area contributed by atoms with Crippen LogP contribution in [0, 0.1) is 5.92 Å². The molecule has 0 radical (unpaired) electrons. The van der Waals surface area contributed by atoms with E-state index in [4.69, 9.17) is 5.73 Å². The fourth-order valence-corrected chi connectivity index (χ4v) is 4.71. The average Bonchev–Trinajstić information content (AvgIpc) is 2.83. The summed E-state index contributed by atoms with van der Waals surface area (Å²) in [5.74, 6) is -0.996. The molecule has 10 heteroatoms. The molecular formula is C24H36N6O4. The molecule has 3 rings (SSSR count). The van der Waals surface area contributed by atoms with Gasteiger partial charge in [-0.2, -0.15) is 0 Å². The third-order valence-corrected chi connectivity index (χ3v) is 6.51. The summed E-state index contributed by atoms with van der Waals surface area (Å²) >= 11 is 0. The number of nitrogens with one attached hydrogen (secondary N) is 2. The topological polar surface area (TPSA) is 138 Å². The average molecular weight is 473 g/mol. The first-order valence-corrected chi connectivity index (χ1v) is 12.1. The number of rotatable bonds is 7. The Bertz CT molecular complexity index is 871. The highest BCUT2D eigenvalue weighted by Gasteiger charge is 2.39. The number of carbonyl (C=O) groups excluding carboxylic acids is 4. The molecule has 10 nitrogen and oxygen atoms in total. The van der Waals surface area contributed by atoms with Crippen LogP contribution in [-0.4, -0.2) is 76.3 Å². The lowest BCUT2D eigenvalue weighted by atomic mass is 9.84. The summed E-state index contributed by atoms with van der Waals surface area (Å²) in [5.41, 5.74) is 6.04. The zero-order valence-corrected chi connectivity index (χ0v) is 20.0. The highest BCUT2D eigenvalue weighted by atomic mass is 16.2. The van der Waals surface area contributed by atoms with Gasteiger partial charge in [-0.25, -0.2) is 4.79 Å². The molecular weight excluding hydrogens is 436 g/mol. The SMILES string of the molecule is CC(C)NC(=O)N1CCN(C(=O)c2cccnc2)CC1C(=O)NC(CC1CCCCC1)C(N)=O. The van der Waals surface area contributed by atoms with Gasteiger partial charge in [0, 0.05) is 31.5 Å². The molecule has 0 spiro atoms. The van der Waals surface area contributed by atoms with E-state index in [2.05, 4.69) is 15.6 Å². The van der Waals surface area contributed by atoms with E-state index in [0.717, 1.165) is 25.7 Å². The first kappa shape index (κ1) is 25.5. The molecule has 186 valence electrons. The van der Waals surface area contributed by atoms with Gasteiger partial charge in [0.25, 0.3) is 5.91 Å². The molecule has 2 heterocycles. The largest absolute Gasteiger partial charge is 0.368 e. The Labute approximate surface area is 200 Å². The zero-order valence-electron chi connectivity index (χ0n) is 20.0. The Morgan fingerprint density at radius 2 is 1.85 bits per heavy atom. The highest BCUT2D eigenvalue weighted by molar-refractivity contribution is 5.96. The summed E-state index contributed by atoms with van der Waals surface area (Å²) in [7, 11) is 0. The molecule has 5 amide bonds. The monoisotopic (exact) mass is 472 g/mol. The molecule has 1 aliphatic heterocycles. The third kappa shape index (κ3) is 6.68. The van der Waals surface area contributed by atoms with Crippen LogP contribution in [-0.2, 0) is 9.59 Å². The van der Waals surface area contributed by atoms with Gasteiger partial charge >= 0.3 is 6.03 Å². The van der Waals surface area contributed by atoms with Crippen LogP contribution in [0.5, 0.6) is 0 Å². The van der Waals surface area contributed by atoms with Crippen molar-refractivity contribution in [3.05, 3.63) is 30.1 Å². The van der Waals surface area contributed by atoms with Crippen LogP contribution in [0.4, 0.5) is 4.79 Å². The van der Waals surface area contributed by atoms with Crippen molar-refractivity contribution in [2.24, 2.45) is 11.7 Å². The normalized spacial score (nSPS) is 20.0. The molecule has 1 saturated heterocycles. The zero-order chi connectivity index (χ0) is 24.7. The maximum atomic E-state index is 13.4. The van der Waals surface area contributed by atoms with E-state index in [0.29, 0.717) is 17.9 Å². The number of primary amides is 1. The lowest BCUT2D eigenvalue weighted by molar-refractivity contribution is -0.131. The Balaban J connectivity index is 1.75. The molecule has 0 bridgehead atoms. The van der Waals surface area contributed by atoms with Crippen LogP contribution in [0.25, 0.3) is 0 Å². The minimum absolute atomic E-state index is 0.0139. The summed E-state index contributed by atoms with van der Waals surface area (Å²) in [6.07, 6.45) is 8.98. The van der Waals surface area contributed by atoms with Crippen LogP contribution < -0.4 is 16.4 Å². The number of urea groups is 1. The number of piperazine rings is 1. The van der Waals surface area contributed by atoms with Crippen molar-refractivity contribution in [1.29, 1.82) is 0 Å². The molecule has 34 heavy (non-hydrogen) atoms. The second-order valence-corrected chi connectivity index (χ2v) is 9.51. The summed E-state index contributed by atoms with van der Waals surface area (Å²) in [5, 5.41) is 5.60. The maximum absolute atomic E-state index is 13.4. The molecule has 1 aromatic heterocycles. The van der Waals surface area contributed by atoms with Crippen LogP contribution in [0.3, 0.4) is 0 Å². The molecule has 1 aliphatic carbocycles. The van der Waals surface area contributed by atoms with Crippen molar-refractivity contribution in [3.8, 4) is 0 Å². The fraction of sp³-hybridized carbons (Fsp3) is 0.625. The number of hydrogen-bond acceptors (Lipinski definition) is 5. The van der Waals surface area contributed by atoms with Crippen LogP contribution in [0.1, 0.15) is 62.7 Å². The van der Waals surface area contributed by atoms with Crippen LogP contribution in [0.15, 0.2) is 24.5 Å². The van der Waals surface area contributed by atoms with E-state index in [1.807, 2.05) is 13.8 Å². The van der Waals surface area contributed by atoms with Gasteiger partial charge in [-0.05, 0) is 38.3 Å². The Hall–Kier alpha value is -3.17. The summed E-state index contributed by atoms with van der Waals surface area (Å²) in [4.78, 5) is 58.3. The molecule has 1 aromatic rings. The second kappa shape index (κ2) is 11.8. The van der Waals surface area contributed by atoms with Gasteiger partial charge in [0.15, 0.2) is 0 Å². The minimum atomic E-state index is -0.943. The first-order chi connectivity index (χ1) is 16.3. The predicted octanol–water partition coefficient (Wildman–Crippen LogP) is 1.27. The first-order valence-electron chi connectivity index (χ1n) is 12.1. The van der Waals surface area contributed by atoms with Gasteiger partial charge < -0.3 is 26.2 Å². The molecule has 1 saturated carbocycles. The predicted molar refractivity (Wildman–Crippen MR) is 127 cm³/mol. The summed E-state index contributed by atoms with van der Waals surface area (Å²) in [6.45, 7) is 4.15. The van der Waals surface area contributed by atoms with Crippen LogP contribution >= 0.6 is 0 Å². The number of nitrogens with zero attached hydrogens (tertiary/aromatic N) is 3. The fourth-order valence-electron chi connectivity index (χ4n) is 4.71. The van der Waals surface area contributed by atoms with E-state index in [-0.39, 0.29) is 37.6 Å². The molecule has 2 atom stereocenters. The summed E-state index contributed by atoms with van der Waals surface area (Å²) in [6, 6.07) is 1.08. The lowest BCUT2D eigenvalue weighted by Gasteiger charge is -2.41. The smallest absolute Gasteiger partial charge is 0.318 e. The lowest BCUT2D eigenvalue weighted by Crippen LogP contribution is -2.65.